The first-order chi connectivity index (χ1) is 9.23. The minimum atomic E-state index is -3.50. The summed E-state index contributed by atoms with van der Waals surface area (Å²) in [5.74, 6) is -1.29. The van der Waals surface area contributed by atoms with Crippen molar-refractivity contribution in [3.8, 4) is 6.07 Å². The quantitative estimate of drug-likeness (QED) is 0.354. The SMILES string of the molecule is CS(=O)(=O)Nc1ccc(F)c(N/N=C(\C#N)C(=N)N)c1. The third-order valence-corrected chi connectivity index (χ3v) is 2.53. The number of halogens is 1. The summed E-state index contributed by atoms with van der Waals surface area (Å²) in [5, 5.41) is 19.1. The molecule has 0 aliphatic heterocycles. The van der Waals surface area contributed by atoms with Crippen LogP contribution in [0.2, 0.25) is 0 Å². The summed E-state index contributed by atoms with van der Waals surface area (Å²) in [6.07, 6.45) is 0.950. The first-order valence-electron chi connectivity index (χ1n) is 5.08. The fraction of sp³-hybridized carbons (Fsp3) is 0.100. The van der Waals surface area contributed by atoms with Gasteiger partial charge in [0.05, 0.1) is 17.6 Å². The second-order valence-corrected chi connectivity index (χ2v) is 5.42. The number of amidine groups is 1. The van der Waals surface area contributed by atoms with Gasteiger partial charge in [0.15, 0.2) is 5.84 Å². The summed E-state index contributed by atoms with van der Waals surface area (Å²) in [5.41, 5.74) is 6.79. The normalized spacial score (nSPS) is 11.6. The zero-order valence-corrected chi connectivity index (χ0v) is 11.1. The number of hydrogen-bond acceptors (Lipinski definition) is 6. The molecule has 0 aromatic heterocycles. The molecule has 0 radical (unpaired) electrons. The summed E-state index contributed by atoms with van der Waals surface area (Å²) in [7, 11) is -3.50. The zero-order chi connectivity index (χ0) is 15.3. The van der Waals surface area contributed by atoms with Crippen molar-refractivity contribution in [2.75, 3.05) is 16.4 Å². The third kappa shape index (κ3) is 4.54. The van der Waals surface area contributed by atoms with Crippen LogP contribution >= 0.6 is 0 Å². The number of sulfonamides is 1. The minimum Gasteiger partial charge on any atom is -0.382 e. The summed E-state index contributed by atoms with van der Waals surface area (Å²) < 4.78 is 37.8. The molecule has 0 fully saturated rings. The molecule has 1 aromatic rings. The first-order valence-corrected chi connectivity index (χ1v) is 6.97. The lowest BCUT2D eigenvalue weighted by atomic mass is 10.3. The van der Waals surface area contributed by atoms with Gasteiger partial charge in [-0.25, -0.2) is 12.8 Å². The zero-order valence-electron chi connectivity index (χ0n) is 10.3. The molecule has 106 valence electrons. The van der Waals surface area contributed by atoms with Gasteiger partial charge in [-0.05, 0) is 18.2 Å². The molecular weight excluding hydrogens is 287 g/mol. The predicted octanol–water partition coefficient (Wildman–Crippen LogP) is 0.425. The molecule has 0 saturated carbocycles. The molecule has 0 atom stereocenters. The standard InChI is InChI=1S/C10H11FN6O2S/c1-20(18,19)17-6-2-3-7(11)8(4-6)15-16-9(5-12)10(13)14/h2-4,15,17H,1H3,(H3,13,14)/b16-9+. The Balaban J connectivity index is 3.04. The molecule has 0 aliphatic rings. The Kier molecular flexibility index (Phi) is 4.60. The highest BCUT2D eigenvalue weighted by Crippen LogP contribution is 2.20. The fourth-order valence-corrected chi connectivity index (χ4v) is 1.71. The Morgan fingerprint density at radius 3 is 2.70 bits per heavy atom. The van der Waals surface area contributed by atoms with Crippen molar-refractivity contribution >= 4 is 32.9 Å². The topological polar surface area (TPSA) is 144 Å². The average molecular weight is 298 g/mol. The maximum atomic E-state index is 13.5. The van der Waals surface area contributed by atoms with Crippen LogP contribution in [0.4, 0.5) is 15.8 Å². The largest absolute Gasteiger partial charge is 0.382 e. The van der Waals surface area contributed by atoms with E-state index in [1.807, 2.05) is 0 Å². The van der Waals surface area contributed by atoms with Crippen molar-refractivity contribution in [2.45, 2.75) is 0 Å². The molecule has 0 unspecified atom stereocenters. The number of nitrogens with one attached hydrogen (secondary N) is 3. The van der Waals surface area contributed by atoms with Crippen molar-refractivity contribution in [1.29, 1.82) is 10.7 Å². The van der Waals surface area contributed by atoms with Gasteiger partial charge in [0.1, 0.15) is 11.9 Å². The fourth-order valence-electron chi connectivity index (χ4n) is 1.15. The highest BCUT2D eigenvalue weighted by atomic mass is 32.2. The van der Waals surface area contributed by atoms with Crippen LogP contribution in [-0.2, 0) is 10.0 Å². The second kappa shape index (κ2) is 5.98. The Bertz CT molecular complexity index is 707. The van der Waals surface area contributed by atoms with E-state index < -0.39 is 27.4 Å². The molecule has 0 saturated heterocycles. The molecule has 0 bridgehead atoms. The van der Waals surface area contributed by atoms with Gasteiger partial charge in [0.25, 0.3) is 0 Å². The summed E-state index contributed by atoms with van der Waals surface area (Å²) in [6.45, 7) is 0. The van der Waals surface area contributed by atoms with Crippen molar-refractivity contribution in [2.24, 2.45) is 10.8 Å². The summed E-state index contributed by atoms with van der Waals surface area (Å²) in [6, 6.07) is 4.94. The van der Waals surface area contributed by atoms with Crippen LogP contribution in [0.3, 0.4) is 0 Å². The Hall–Kier alpha value is -2.67. The minimum absolute atomic E-state index is 0.118. The first kappa shape index (κ1) is 15.4. The number of hydrazone groups is 1. The number of nitrogens with zero attached hydrogens (tertiary/aromatic N) is 2. The van der Waals surface area contributed by atoms with Gasteiger partial charge >= 0.3 is 0 Å². The van der Waals surface area contributed by atoms with Gasteiger partial charge in [-0.15, -0.1) is 0 Å². The molecule has 10 heteroatoms. The van der Waals surface area contributed by atoms with Gasteiger partial charge in [-0.1, -0.05) is 0 Å². The highest BCUT2D eigenvalue weighted by molar-refractivity contribution is 7.92. The lowest BCUT2D eigenvalue weighted by molar-refractivity contribution is 0.606. The maximum Gasteiger partial charge on any atom is 0.229 e. The number of benzene rings is 1. The Labute approximate surface area is 114 Å². The molecule has 0 heterocycles. The number of nitriles is 1. The summed E-state index contributed by atoms with van der Waals surface area (Å²) >= 11 is 0. The van der Waals surface area contributed by atoms with Gasteiger partial charge in [-0.2, -0.15) is 10.4 Å². The van der Waals surface area contributed by atoms with Gasteiger partial charge in [0.2, 0.25) is 15.7 Å². The van der Waals surface area contributed by atoms with Crippen molar-refractivity contribution in [3.05, 3.63) is 24.0 Å². The van der Waals surface area contributed by atoms with Crippen molar-refractivity contribution in [3.63, 3.8) is 0 Å². The monoisotopic (exact) mass is 298 g/mol. The number of rotatable bonds is 5. The van der Waals surface area contributed by atoms with Crippen LogP contribution in [0.15, 0.2) is 23.3 Å². The van der Waals surface area contributed by atoms with Crippen LogP contribution in [0.25, 0.3) is 0 Å². The van der Waals surface area contributed by atoms with E-state index in [-0.39, 0.29) is 11.4 Å². The van der Waals surface area contributed by atoms with Gasteiger partial charge in [0, 0.05) is 0 Å². The lowest BCUT2D eigenvalue weighted by Gasteiger charge is -2.07. The molecule has 0 aliphatic carbocycles. The number of hydrogen-bond donors (Lipinski definition) is 4. The van der Waals surface area contributed by atoms with E-state index in [4.69, 9.17) is 16.4 Å². The molecule has 0 amide bonds. The molecular formula is C10H11FN6O2S. The van der Waals surface area contributed by atoms with E-state index in [2.05, 4.69) is 15.2 Å². The molecule has 8 nitrogen and oxygen atoms in total. The van der Waals surface area contributed by atoms with Crippen LogP contribution in [0, 0.1) is 22.6 Å². The molecule has 1 rings (SSSR count). The molecule has 1 aromatic carbocycles. The van der Waals surface area contributed by atoms with Crippen molar-refractivity contribution in [1.82, 2.24) is 0 Å². The van der Waals surface area contributed by atoms with E-state index in [1.165, 1.54) is 6.07 Å². The Morgan fingerprint density at radius 1 is 1.55 bits per heavy atom. The van der Waals surface area contributed by atoms with Crippen LogP contribution < -0.4 is 15.9 Å². The third-order valence-electron chi connectivity index (χ3n) is 1.92. The second-order valence-electron chi connectivity index (χ2n) is 3.67. The average Bonchev–Trinajstić information content (AvgIpc) is 2.31. The lowest BCUT2D eigenvalue weighted by Crippen LogP contribution is -2.22. The predicted molar refractivity (Wildman–Crippen MR) is 73.5 cm³/mol. The van der Waals surface area contributed by atoms with Crippen molar-refractivity contribution < 1.29 is 12.8 Å². The molecule has 20 heavy (non-hydrogen) atoms. The number of nitrogens with two attached hydrogens (primary N) is 1. The number of anilines is 2. The van der Waals surface area contributed by atoms with Crippen LogP contribution in [0.1, 0.15) is 0 Å². The molecule has 5 N–H and O–H groups in total. The summed E-state index contributed by atoms with van der Waals surface area (Å²) in [4.78, 5) is 0. The van der Waals surface area contributed by atoms with Crippen LogP contribution in [-0.4, -0.2) is 26.2 Å². The smallest absolute Gasteiger partial charge is 0.229 e. The maximum absolute atomic E-state index is 13.5. The van der Waals surface area contributed by atoms with Crippen LogP contribution in [0.5, 0.6) is 0 Å². The highest BCUT2D eigenvalue weighted by Gasteiger charge is 2.07. The van der Waals surface area contributed by atoms with E-state index >= 15 is 0 Å². The van der Waals surface area contributed by atoms with E-state index in [0.717, 1.165) is 18.4 Å². The van der Waals surface area contributed by atoms with Gasteiger partial charge < -0.3 is 5.73 Å². The van der Waals surface area contributed by atoms with E-state index in [1.54, 1.807) is 6.07 Å². The van der Waals surface area contributed by atoms with E-state index in [9.17, 15) is 12.8 Å². The van der Waals surface area contributed by atoms with E-state index in [0.29, 0.717) is 0 Å². The molecule has 0 spiro atoms. The Morgan fingerprint density at radius 2 is 2.20 bits per heavy atom. The van der Waals surface area contributed by atoms with Gasteiger partial charge in [-0.3, -0.25) is 15.6 Å².